The van der Waals surface area contributed by atoms with Crippen LogP contribution in [0.15, 0.2) is 127 Å². The number of benzene rings is 6. The van der Waals surface area contributed by atoms with Gasteiger partial charge in [0, 0.05) is 171 Å². The van der Waals surface area contributed by atoms with E-state index in [2.05, 4.69) is 49.5 Å². The first-order valence-electron chi connectivity index (χ1n) is 35.1. The number of carboxylic acid groups (broad SMARTS) is 1. The van der Waals surface area contributed by atoms with E-state index in [4.69, 9.17) is 45.3 Å². The molecule has 6 aromatic carbocycles. The molecule has 6 N–H and O–H groups in total. The minimum Gasteiger partial charge on any atom is -0.478 e. The number of aliphatic hydroxyl groups is 3. The number of anilines is 3. The fraction of sp³-hybridized carbons (Fsp3) is 0.368. The van der Waals surface area contributed by atoms with E-state index in [-0.39, 0.29) is 41.4 Å². The van der Waals surface area contributed by atoms with Crippen molar-refractivity contribution in [3.63, 3.8) is 0 Å². The van der Waals surface area contributed by atoms with E-state index in [0.29, 0.717) is 207 Å². The number of primary amides is 1. The van der Waals surface area contributed by atoms with Gasteiger partial charge in [0.05, 0.1) is 71.2 Å². The van der Waals surface area contributed by atoms with Crippen LogP contribution in [0.5, 0.6) is 0 Å². The van der Waals surface area contributed by atoms with Crippen LogP contribution in [0.4, 0.5) is 17.5 Å². The van der Waals surface area contributed by atoms with E-state index in [1.807, 2.05) is 38.3 Å². The molecule has 3 aromatic heterocycles. The lowest BCUT2D eigenvalue weighted by Crippen LogP contribution is -2.54. The molecule has 0 saturated carbocycles. The lowest BCUT2D eigenvalue weighted by atomic mass is 10.1. The Hall–Kier alpha value is -9.81. The molecule has 0 aliphatic carbocycles. The molecule has 0 bridgehead atoms. The third-order valence-electron chi connectivity index (χ3n) is 20.5. The second-order valence-electron chi connectivity index (χ2n) is 27.3. The minimum absolute atomic E-state index is 0.00995. The number of nitrogens with two attached hydrogens (primary N) is 1. The molecule has 6 saturated heterocycles. The predicted molar refractivity (Wildman–Crippen MR) is 402 cm³/mol. The SMILES string of the molecule is COC(=O)c1ccc2nc(C)nc(N3C[C@H](O)[C@@H](N4CCN(C(=O)c5ccc(Cl)cc5)CC4)C3)c2c1.Cc1nc(N2C[C@H](O)[C@@H](N3CCN(C(=O)c4ccc(Cl)cc4)CC3)C2)c2cc(C(=O)O)ccc2n1.Cc1nc(N2C[C@H](O)[C@@H](N3CCN(C(=O)c4ccc(Cl)cc4)CC3)C2)c2cc(C(N)=O)ccc2n1. The second kappa shape index (κ2) is 32.1. The van der Waals surface area contributed by atoms with Crippen LogP contribution in [-0.2, 0) is 4.74 Å². The highest BCUT2D eigenvalue weighted by molar-refractivity contribution is 6.31. The van der Waals surface area contributed by atoms with Crippen molar-refractivity contribution in [2.24, 2.45) is 5.73 Å². The first-order chi connectivity index (χ1) is 50.9. The van der Waals surface area contributed by atoms with Gasteiger partial charge in [-0.05, 0) is 148 Å². The number of aliphatic hydroxyl groups excluding tert-OH is 3. The summed E-state index contributed by atoms with van der Waals surface area (Å²) < 4.78 is 4.87. The average molecular weight is 1500 g/mol. The Morgan fingerprint density at radius 2 is 0.660 bits per heavy atom. The third kappa shape index (κ3) is 16.4. The van der Waals surface area contributed by atoms with Crippen LogP contribution in [-0.4, -0.2) is 277 Å². The van der Waals surface area contributed by atoms with E-state index < -0.39 is 36.2 Å². The Balaban J connectivity index is 0.000000141. The summed E-state index contributed by atoms with van der Waals surface area (Å²) in [4.78, 5) is 119. The van der Waals surface area contributed by atoms with Crippen molar-refractivity contribution in [1.82, 2.24) is 59.3 Å². The number of methoxy groups -OCH3 is 1. The maximum Gasteiger partial charge on any atom is 0.337 e. The van der Waals surface area contributed by atoms with Gasteiger partial charge in [0.2, 0.25) is 5.91 Å². The van der Waals surface area contributed by atoms with E-state index >= 15 is 0 Å². The van der Waals surface area contributed by atoms with Crippen molar-refractivity contribution in [2.45, 2.75) is 57.2 Å². The lowest BCUT2D eigenvalue weighted by Gasteiger charge is -2.38. The number of hydrogen-bond acceptors (Lipinski definition) is 22. The highest BCUT2D eigenvalue weighted by Crippen LogP contribution is 2.35. The molecule has 9 aromatic rings. The zero-order chi connectivity index (χ0) is 74.8. The number of piperazine rings is 3. The largest absolute Gasteiger partial charge is 0.478 e. The van der Waals surface area contributed by atoms with Gasteiger partial charge in [-0.2, -0.15) is 0 Å². The number of halogens is 3. The number of rotatable bonds is 12. The van der Waals surface area contributed by atoms with Crippen molar-refractivity contribution >= 4 is 121 Å². The van der Waals surface area contributed by atoms with Crippen LogP contribution in [0.2, 0.25) is 15.1 Å². The number of aromatic nitrogens is 6. The van der Waals surface area contributed by atoms with Crippen LogP contribution >= 0.6 is 34.8 Å². The number of hydrogen-bond donors (Lipinski definition) is 5. The van der Waals surface area contributed by atoms with Gasteiger partial charge >= 0.3 is 11.9 Å². The number of ether oxygens (including phenoxy) is 1. The summed E-state index contributed by atoms with van der Waals surface area (Å²) in [5.41, 5.74) is 10.5. The maximum atomic E-state index is 12.9. The molecule has 6 fully saturated rings. The molecule has 0 unspecified atom stereocenters. The average Bonchev–Trinajstić information content (AvgIpc) is 1.54. The standard InChI is InChI=1S/C26H28ClN5O4.C25H27ClN6O3.C25H26ClN5O4/c1-16-28-21-8-5-18(26(35)36-2)13-20(21)24(29-16)32-14-22(23(33)15-32)30-9-11-31(12-10-30)25(34)17-3-6-19(27)7-4-17;1-15-28-20-7-4-17(23(27)34)12-19(20)24(29-15)32-13-21(22(33)14-32)30-8-10-31(11-9-30)25(35)16-2-5-18(26)6-3-16;1-15-27-20-7-4-17(25(34)35)12-19(20)23(28-15)31-13-21(22(32)14-31)29-8-10-30(11-9-29)24(33)16-2-5-18(26)6-3-16/h3-8,13,22-23,33H,9-12,14-15H2,1-2H3;2-7,12,21-22,33H,8-11,13-14H2,1H3,(H2,27,34);2-7,12,21-22,32H,8-11,13-14H2,1H3,(H,34,35)/t22-,23-;2*21-,22-/m000/s1. The molecule has 6 aliphatic rings. The zero-order valence-electron chi connectivity index (χ0n) is 58.9. The van der Waals surface area contributed by atoms with Gasteiger partial charge in [-0.25, -0.2) is 39.5 Å². The molecular weight excluding hydrogens is 1420 g/mol. The topological polar surface area (TPSA) is 325 Å². The van der Waals surface area contributed by atoms with E-state index in [1.165, 1.54) is 13.2 Å². The second-order valence-corrected chi connectivity index (χ2v) is 28.6. The van der Waals surface area contributed by atoms with Crippen molar-refractivity contribution in [3.8, 4) is 0 Å². The Kier molecular flexibility index (Phi) is 22.6. The molecule has 106 heavy (non-hydrogen) atoms. The summed E-state index contributed by atoms with van der Waals surface area (Å²) in [6.07, 6.45) is -1.74. The highest BCUT2D eigenvalue weighted by atomic mass is 35.5. The van der Waals surface area contributed by atoms with Gasteiger partial charge in [0.15, 0.2) is 0 Å². The Morgan fingerprint density at radius 1 is 0.387 bits per heavy atom. The first-order valence-corrected chi connectivity index (χ1v) is 36.2. The van der Waals surface area contributed by atoms with Crippen LogP contribution < -0.4 is 20.4 Å². The molecule has 4 amide bonds. The summed E-state index contributed by atoms with van der Waals surface area (Å²) in [5, 5.41) is 46.2. The number of aryl methyl sites for hydroxylation is 3. The van der Waals surface area contributed by atoms with E-state index in [1.54, 1.807) is 128 Å². The van der Waals surface area contributed by atoms with Crippen LogP contribution in [0.25, 0.3) is 32.7 Å². The van der Waals surface area contributed by atoms with Gasteiger partial charge in [-0.1, -0.05) is 34.8 Å². The summed E-state index contributed by atoms with van der Waals surface area (Å²) in [6.45, 7) is 15.9. The smallest absolute Gasteiger partial charge is 0.337 e. The quantitative estimate of drug-likeness (QED) is 0.0828. The molecule has 6 aliphatic heterocycles. The molecule has 0 spiro atoms. The molecule has 552 valence electrons. The van der Waals surface area contributed by atoms with Crippen LogP contribution in [0.3, 0.4) is 0 Å². The Labute approximate surface area is 626 Å². The number of amides is 4. The number of carboxylic acids is 1. The molecular formula is C76H81Cl3N16O11. The number of fused-ring (bicyclic) bond motifs is 3. The number of β-amino-alcohol motifs (C(OH)–C–C–N with tert-alkyl or cyclic N) is 3. The number of carbonyl (C=O) groups is 6. The highest BCUT2D eigenvalue weighted by Gasteiger charge is 2.42. The maximum absolute atomic E-state index is 12.9. The summed E-state index contributed by atoms with van der Waals surface area (Å²) in [7, 11) is 1.35. The molecule has 27 nitrogen and oxygen atoms in total. The van der Waals surface area contributed by atoms with E-state index in [9.17, 15) is 49.2 Å². The van der Waals surface area contributed by atoms with Crippen molar-refractivity contribution < 1.29 is 53.9 Å². The summed E-state index contributed by atoms with van der Waals surface area (Å²) in [6, 6.07) is 35.7. The van der Waals surface area contributed by atoms with Gasteiger partial charge < -0.3 is 60.3 Å². The molecule has 9 heterocycles. The Morgan fingerprint density at radius 3 is 0.953 bits per heavy atom. The molecule has 6 atom stereocenters. The van der Waals surface area contributed by atoms with Gasteiger partial charge in [0.25, 0.3) is 17.7 Å². The van der Waals surface area contributed by atoms with Gasteiger partial charge in [-0.3, -0.25) is 33.9 Å². The number of esters is 1. The summed E-state index contributed by atoms with van der Waals surface area (Å²) >= 11 is 17.8. The number of carbonyl (C=O) groups excluding carboxylic acids is 5. The van der Waals surface area contributed by atoms with Crippen molar-refractivity contribution in [3.05, 3.63) is 193 Å². The van der Waals surface area contributed by atoms with Crippen molar-refractivity contribution in [2.75, 3.05) is 140 Å². The van der Waals surface area contributed by atoms with E-state index in [0.717, 1.165) is 21.8 Å². The third-order valence-corrected chi connectivity index (χ3v) is 21.2. The molecule has 0 radical (unpaired) electrons. The zero-order valence-corrected chi connectivity index (χ0v) is 61.2. The van der Waals surface area contributed by atoms with Gasteiger partial charge in [0.1, 0.15) is 34.9 Å². The van der Waals surface area contributed by atoms with Gasteiger partial charge in [-0.15, -0.1) is 0 Å². The van der Waals surface area contributed by atoms with Crippen LogP contribution in [0, 0.1) is 20.8 Å². The normalized spacial score (nSPS) is 20.9. The summed E-state index contributed by atoms with van der Waals surface area (Å²) in [5.74, 6) is 1.86. The van der Waals surface area contributed by atoms with Crippen molar-refractivity contribution in [1.29, 1.82) is 0 Å². The Bertz CT molecular complexity index is 4600. The molecule has 30 heteroatoms. The minimum atomic E-state index is -1.01. The number of nitrogens with zero attached hydrogens (tertiary/aromatic N) is 15. The lowest BCUT2D eigenvalue weighted by molar-refractivity contribution is 0.0371. The fourth-order valence-electron chi connectivity index (χ4n) is 14.9. The van der Waals surface area contributed by atoms with Crippen LogP contribution in [0.1, 0.15) is 79.6 Å². The molecule has 15 rings (SSSR count). The first kappa shape index (κ1) is 74.5. The monoisotopic (exact) mass is 1500 g/mol. The predicted octanol–water partition coefficient (Wildman–Crippen LogP) is 6.38. The fourth-order valence-corrected chi connectivity index (χ4v) is 15.3. The number of aromatic carboxylic acids is 1.